The van der Waals surface area contributed by atoms with Crippen LogP contribution >= 0.6 is 27.3 Å². The zero-order chi connectivity index (χ0) is 32.1. The fraction of sp³-hybridized carbons (Fsp3) is 0.419. The monoisotopic (exact) mass is 691 g/mol. The van der Waals surface area contributed by atoms with Gasteiger partial charge in [-0.05, 0) is 45.3 Å². The van der Waals surface area contributed by atoms with Crippen LogP contribution < -0.4 is 18.9 Å². The number of carbonyl (C=O) groups excluding carboxylic acids is 2. The van der Waals surface area contributed by atoms with Gasteiger partial charge in [0.05, 0.1) is 48.6 Å². The van der Waals surface area contributed by atoms with Gasteiger partial charge < -0.3 is 34.1 Å². The summed E-state index contributed by atoms with van der Waals surface area (Å²) in [6, 6.07) is 7.22. The highest BCUT2D eigenvalue weighted by atomic mass is 79.9. The summed E-state index contributed by atoms with van der Waals surface area (Å²) in [6.45, 7) is 4.38. The van der Waals surface area contributed by atoms with Crippen molar-refractivity contribution >= 4 is 61.0 Å². The number of rotatable bonds is 15. The van der Waals surface area contributed by atoms with Crippen molar-refractivity contribution in [1.82, 2.24) is 4.90 Å². The first-order chi connectivity index (χ1) is 20.9. The Hall–Kier alpha value is -3.84. The summed E-state index contributed by atoms with van der Waals surface area (Å²) in [5.41, 5.74) is 1.84. The zero-order valence-electron chi connectivity index (χ0n) is 24.8. The highest BCUT2D eigenvalue weighted by Crippen LogP contribution is 2.44. The Morgan fingerprint density at radius 3 is 2.07 bits per heavy atom. The molecule has 2 aromatic carbocycles. The zero-order valence-corrected chi connectivity index (χ0v) is 27.2. The van der Waals surface area contributed by atoms with Gasteiger partial charge in [-0.25, -0.2) is 0 Å². The van der Waals surface area contributed by atoms with Gasteiger partial charge in [0.25, 0.3) is 0 Å². The highest BCUT2D eigenvalue weighted by molar-refractivity contribution is 9.10. The van der Waals surface area contributed by atoms with E-state index >= 15 is 0 Å². The van der Waals surface area contributed by atoms with E-state index in [9.17, 15) is 19.2 Å². The Balaban J connectivity index is 1.37. The molecule has 0 bridgehead atoms. The molecule has 0 radical (unpaired) electrons. The van der Waals surface area contributed by atoms with Crippen LogP contribution in [-0.2, 0) is 27.5 Å². The Labute approximate surface area is 266 Å². The van der Waals surface area contributed by atoms with Crippen LogP contribution in [-0.4, -0.2) is 66.2 Å². The molecule has 11 nitrogen and oxygen atoms in total. The first-order valence-corrected chi connectivity index (χ1v) is 15.6. The molecule has 2 unspecified atom stereocenters. The van der Waals surface area contributed by atoms with Crippen LogP contribution in [0.25, 0.3) is 10.1 Å². The van der Waals surface area contributed by atoms with Crippen LogP contribution in [0.4, 0.5) is 0 Å². The van der Waals surface area contributed by atoms with Gasteiger partial charge in [0.15, 0.2) is 28.8 Å². The summed E-state index contributed by atoms with van der Waals surface area (Å²) < 4.78 is 24.6. The van der Waals surface area contributed by atoms with E-state index < -0.39 is 23.8 Å². The van der Waals surface area contributed by atoms with E-state index in [1.54, 1.807) is 24.1 Å². The van der Waals surface area contributed by atoms with Gasteiger partial charge in [-0.1, -0.05) is 13.8 Å². The smallest absolute Gasteiger partial charge is 0.306 e. The third-order valence-electron chi connectivity index (χ3n) is 7.35. The van der Waals surface area contributed by atoms with Crippen molar-refractivity contribution in [3.63, 3.8) is 0 Å². The number of hydrogen-bond acceptors (Lipinski definition) is 9. The van der Waals surface area contributed by atoms with E-state index in [2.05, 4.69) is 15.9 Å². The molecule has 1 aliphatic rings. The number of carboxylic acids is 2. The first kappa shape index (κ1) is 33.1. The quantitative estimate of drug-likeness (QED) is 0.148. The van der Waals surface area contributed by atoms with E-state index in [4.69, 9.17) is 29.2 Å². The summed E-state index contributed by atoms with van der Waals surface area (Å²) in [5.74, 6) is -1.96. The number of nitrogens with zero attached hydrogens (tertiary/aromatic N) is 1. The predicted octanol–water partition coefficient (Wildman–Crippen LogP) is 5.78. The molecule has 0 fully saturated rings. The molecular weight excluding hydrogens is 658 g/mol. The third kappa shape index (κ3) is 7.44. The molecule has 3 aromatic rings. The number of Topliss-reactive ketones (excluding diaryl/α,β-unsaturated/α-hetero) is 1. The maximum Gasteiger partial charge on any atom is 0.306 e. The molecule has 44 heavy (non-hydrogen) atoms. The van der Waals surface area contributed by atoms with Crippen LogP contribution in [0.2, 0.25) is 0 Å². The number of benzene rings is 2. The minimum absolute atomic E-state index is 0.0601. The molecule has 2 atom stereocenters. The van der Waals surface area contributed by atoms with Crippen molar-refractivity contribution in [3.8, 4) is 23.0 Å². The number of hydrogen-bond donors (Lipinski definition) is 2. The van der Waals surface area contributed by atoms with Crippen molar-refractivity contribution in [2.45, 2.75) is 46.2 Å². The largest absolute Gasteiger partial charge is 0.493 e. The molecule has 0 saturated carbocycles. The molecule has 0 aliphatic carbocycles. The number of aliphatic carboxylic acids is 2. The van der Waals surface area contributed by atoms with E-state index in [0.717, 1.165) is 21.2 Å². The number of carbonyl (C=O) groups is 4. The number of ether oxygens (including phenoxy) is 4. The number of thiophene rings is 1. The lowest BCUT2D eigenvalue weighted by atomic mass is 10.0. The van der Waals surface area contributed by atoms with Crippen LogP contribution in [0.5, 0.6) is 23.0 Å². The maximum atomic E-state index is 12.7. The summed E-state index contributed by atoms with van der Waals surface area (Å²) in [6.07, 6.45) is 0.374. The highest BCUT2D eigenvalue weighted by Gasteiger charge is 2.28. The summed E-state index contributed by atoms with van der Waals surface area (Å²) in [4.78, 5) is 49.7. The van der Waals surface area contributed by atoms with Gasteiger partial charge in [0.1, 0.15) is 0 Å². The van der Waals surface area contributed by atoms with Crippen LogP contribution in [0.1, 0.15) is 53.9 Å². The Kier molecular flexibility index (Phi) is 10.7. The second-order valence-corrected chi connectivity index (χ2v) is 12.5. The minimum atomic E-state index is -1.01. The Bertz CT molecular complexity index is 1590. The predicted molar refractivity (Wildman–Crippen MR) is 166 cm³/mol. The van der Waals surface area contributed by atoms with Gasteiger partial charge in [-0.2, -0.15) is 0 Å². The summed E-state index contributed by atoms with van der Waals surface area (Å²) in [5, 5.41) is 19.0. The third-order valence-corrected chi connectivity index (χ3v) is 9.26. The number of ketones is 1. The second-order valence-electron chi connectivity index (χ2n) is 10.6. The molecule has 2 heterocycles. The molecule has 0 spiro atoms. The maximum absolute atomic E-state index is 12.7. The van der Waals surface area contributed by atoms with Crippen LogP contribution in [0, 0.1) is 11.8 Å². The van der Waals surface area contributed by atoms with Crippen molar-refractivity contribution in [2.24, 2.45) is 11.8 Å². The molecule has 0 saturated heterocycles. The molecule has 13 heteroatoms. The molecule has 236 valence electrons. The lowest BCUT2D eigenvalue weighted by molar-refractivity contribution is -0.145. The first-order valence-electron chi connectivity index (χ1n) is 13.9. The average molecular weight is 693 g/mol. The molecule has 1 aromatic heterocycles. The average Bonchev–Trinajstić information content (AvgIpc) is 3.61. The fourth-order valence-electron chi connectivity index (χ4n) is 4.74. The van der Waals surface area contributed by atoms with E-state index in [1.165, 1.54) is 32.3 Å². The van der Waals surface area contributed by atoms with Gasteiger partial charge in [-0.15, -0.1) is 11.3 Å². The summed E-state index contributed by atoms with van der Waals surface area (Å²) >= 11 is 4.86. The molecule has 1 aliphatic heterocycles. The molecule has 1 amide bonds. The Morgan fingerprint density at radius 1 is 0.864 bits per heavy atom. The number of fused-ring (bicyclic) bond motifs is 2. The SMILES string of the molecule is COc1cc2c(cc1OCCCOc1c(OC)cc3sc(C(=O)CC(C)C(=O)O)cc3c1Br)CN(C(=O)CC(C)C(=O)O)C2. The van der Waals surface area contributed by atoms with Crippen molar-refractivity contribution in [1.29, 1.82) is 0 Å². The molecular formula is C31H34BrNO10S. The van der Waals surface area contributed by atoms with E-state index in [-0.39, 0.29) is 24.5 Å². The molecule has 4 rings (SSSR count). The standard InChI is InChI=1S/C31H34BrNO10S/c1-16(30(36)37)8-21(34)26-12-20-25(44-26)13-24(41-4)29(28(20)32)43-7-5-6-42-23-11-19-15-33(14-18(19)10-22(23)40-3)27(35)9-17(2)31(38)39/h10-13,16-17H,5-9,14-15H2,1-4H3,(H,36,37)(H,38,39). The van der Waals surface area contributed by atoms with Crippen molar-refractivity contribution in [2.75, 3.05) is 27.4 Å². The lowest BCUT2D eigenvalue weighted by Crippen LogP contribution is -2.28. The van der Waals surface area contributed by atoms with Crippen molar-refractivity contribution < 1.29 is 48.3 Å². The number of carboxylic acid groups (broad SMARTS) is 2. The van der Waals surface area contributed by atoms with Gasteiger partial charge in [-0.3, -0.25) is 19.2 Å². The number of halogens is 1. The van der Waals surface area contributed by atoms with Gasteiger partial charge in [0.2, 0.25) is 5.91 Å². The van der Waals surface area contributed by atoms with Crippen molar-refractivity contribution in [3.05, 3.63) is 44.7 Å². The minimum Gasteiger partial charge on any atom is -0.493 e. The lowest BCUT2D eigenvalue weighted by Gasteiger charge is -2.16. The van der Waals surface area contributed by atoms with E-state index in [1.807, 2.05) is 12.1 Å². The van der Waals surface area contributed by atoms with Crippen LogP contribution in [0.3, 0.4) is 0 Å². The number of methoxy groups -OCH3 is 2. The topological polar surface area (TPSA) is 149 Å². The van der Waals surface area contributed by atoms with Gasteiger partial charge >= 0.3 is 11.9 Å². The molecule has 2 N–H and O–H groups in total. The second kappa shape index (κ2) is 14.3. The van der Waals surface area contributed by atoms with Crippen LogP contribution in [0.15, 0.2) is 28.7 Å². The Morgan fingerprint density at radius 2 is 1.45 bits per heavy atom. The van der Waals surface area contributed by atoms with Gasteiger partial charge in [0, 0.05) is 48.5 Å². The van der Waals surface area contributed by atoms with E-state index in [0.29, 0.717) is 65.1 Å². The fourth-order valence-corrected chi connectivity index (χ4v) is 6.55. The number of amides is 1. The summed E-state index contributed by atoms with van der Waals surface area (Å²) in [7, 11) is 3.07. The normalized spacial score (nSPS) is 13.7.